The number of morpholine rings is 1. The van der Waals surface area contributed by atoms with Gasteiger partial charge in [0.05, 0.1) is 19.3 Å². The molecule has 18 heavy (non-hydrogen) atoms. The number of benzene rings is 1. The molecule has 1 aromatic rings. The highest BCUT2D eigenvalue weighted by Gasteiger charge is 2.23. The average Bonchev–Trinajstić information content (AvgIpc) is 2.40. The number of hydrogen-bond donors (Lipinski definition) is 2. The van der Waals surface area contributed by atoms with E-state index in [4.69, 9.17) is 4.74 Å². The Bertz CT molecular complexity index is 419. The Morgan fingerprint density at radius 1 is 1.56 bits per heavy atom. The Balaban J connectivity index is 1.96. The van der Waals surface area contributed by atoms with Crippen molar-refractivity contribution in [2.75, 3.05) is 19.8 Å². The van der Waals surface area contributed by atoms with Crippen molar-refractivity contribution in [3.63, 3.8) is 0 Å². The molecule has 1 heterocycles. The van der Waals surface area contributed by atoms with Gasteiger partial charge in [0.25, 0.3) is 0 Å². The summed E-state index contributed by atoms with van der Waals surface area (Å²) in [6.45, 7) is 3.81. The van der Waals surface area contributed by atoms with Gasteiger partial charge in [-0.25, -0.2) is 0 Å². The molecular formula is C13H17BrN2O2. The molecular weight excluding hydrogens is 296 g/mol. The number of rotatable bonds is 3. The minimum Gasteiger partial charge on any atom is -0.378 e. The molecule has 0 bridgehead atoms. The SMILES string of the molecule is C[C@H](NC(=O)C1COCCN1)c1ccccc1Br. The summed E-state index contributed by atoms with van der Waals surface area (Å²) in [7, 11) is 0. The van der Waals surface area contributed by atoms with Gasteiger partial charge in [-0.1, -0.05) is 34.1 Å². The highest BCUT2D eigenvalue weighted by atomic mass is 79.9. The first-order chi connectivity index (χ1) is 8.68. The second-order valence-corrected chi connectivity index (χ2v) is 5.19. The maximum Gasteiger partial charge on any atom is 0.240 e. The molecule has 98 valence electrons. The Kier molecular flexibility index (Phi) is 4.74. The van der Waals surface area contributed by atoms with E-state index in [2.05, 4.69) is 26.6 Å². The fraction of sp³-hybridized carbons (Fsp3) is 0.462. The van der Waals surface area contributed by atoms with Gasteiger partial charge in [0.15, 0.2) is 0 Å². The van der Waals surface area contributed by atoms with E-state index < -0.39 is 0 Å². The topological polar surface area (TPSA) is 50.4 Å². The molecule has 2 atom stereocenters. The second-order valence-electron chi connectivity index (χ2n) is 4.33. The van der Waals surface area contributed by atoms with Crippen LogP contribution in [0.4, 0.5) is 0 Å². The summed E-state index contributed by atoms with van der Waals surface area (Å²) < 4.78 is 6.29. The van der Waals surface area contributed by atoms with Crippen LogP contribution >= 0.6 is 15.9 Å². The van der Waals surface area contributed by atoms with Crippen LogP contribution in [-0.2, 0) is 9.53 Å². The highest BCUT2D eigenvalue weighted by Crippen LogP contribution is 2.22. The number of nitrogens with one attached hydrogen (secondary N) is 2. The Morgan fingerprint density at radius 2 is 2.33 bits per heavy atom. The first-order valence-corrected chi connectivity index (χ1v) is 6.83. The number of carbonyl (C=O) groups excluding carboxylic acids is 1. The van der Waals surface area contributed by atoms with Crippen LogP contribution in [0.1, 0.15) is 18.5 Å². The normalized spacial score (nSPS) is 21.3. The smallest absolute Gasteiger partial charge is 0.240 e. The van der Waals surface area contributed by atoms with Crippen molar-refractivity contribution in [3.8, 4) is 0 Å². The van der Waals surface area contributed by atoms with Crippen molar-refractivity contribution in [2.24, 2.45) is 0 Å². The van der Waals surface area contributed by atoms with Crippen LogP contribution in [0.15, 0.2) is 28.7 Å². The lowest BCUT2D eigenvalue weighted by Gasteiger charge is -2.25. The van der Waals surface area contributed by atoms with Gasteiger partial charge in [0.1, 0.15) is 6.04 Å². The van der Waals surface area contributed by atoms with E-state index in [0.29, 0.717) is 13.2 Å². The summed E-state index contributed by atoms with van der Waals surface area (Å²) in [6, 6.07) is 7.61. The Hall–Kier alpha value is -0.910. The molecule has 0 aromatic heterocycles. The lowest BCUT2D eigenvalue weighted by atomic mass is 10.1. The predicted molar refractivity (Wildman–Crippen MR) is 73.3 cm³/mol. The maximum absolute atomic E-state index is 12.0. The lowest BCUT2D eigenvalue weighted by molar-refractivity contribution is -0.126. The lowest BCUT2D eigenvalue weighted by Crippen LogP contribution is -2.51. The fourth-order valence-electron chi connectivity index (χ4n) is 1.95. The Labute approximate surface area is 115 Å². The number of halogens is 1. The highest BCUT2D eigenvalue weighted by molar-refractivity contribution is 9.10. The molecule has 1 aliphatic heterocycles. The minimum atomic E-state index is -0.247. The fourth-order valence-corrected chi connectivity index (χ4v) is 2.58. The van der Waals surface area contributed by atoms with Crippen molar-refractivity contribution in [1.29, 1.82) is 0 Å². The van der Waals surface area contributed by atoms with Crippen molar-refractivity contribution in [1.82, 2.24) is 10.6 Å². The zero-order valence-electron chi connectivity index (χ0n) is 10.3. The molecule has 1 aliphatic rings. The third-order valence-electron chi connectivity index (χ3n) is 2.97. The van der Waals surface area contributed by atoms with Crippen LogP contribution in [0.3, 0.4) is 0 Å². The summed E-state index contributed by atoms with van der Waals surface area (Å²) in [5.74, 6) is -0.0158. The number of amides is 1. The third-order valence-corrected chi connectivity index (χ3v) is 3.69. The summed E-state index contributed by atoms with van der Waals surface area (Å²) in [6.07, 6.45) is 0. The average molecular weight is 313 g/mol. The molecule has 1 unspecified atom stereocenters. The van der Waals surface area contributed by atoms with Gasteiger partial charge < -0.3 is 15.4 Å². The summed E-state index contributed by atoms with van der Waals surface area (Å²) in [5, 5.41) is 6.14. The van der Waals surface area contributed by atoms with E-state index in [-0.39, 0.29) is 18.0 Å². The number of carbonyl (C=O) groups is 1. The largest absolute Gasteiger partial charge is 0.378 e. The summed E-state index contributed by atoms with van der Waals surface area (Å²) in [4.78, 5) is 12.0. The zero-order valence-corrected chi connectivity index (χ0v) is 11.9. The predicted octanol–water partition coefficient (Wildman–Crippen LogP) is 1.61. The second kappa shape index (κ2) is 6.31. The van der Waals surface area contributed by atoms with Crippen molar-refractivity contribution >= 4 is 21.8 Å². The van der Waals surface area contributed by atoms with Gasteiger partial charge >= 0.3 is 0 Å². The quantitative estimate of drug-likeness (QED) is 0.891. The first-order valence-electron chi connectivity index (χ1n) is 6.04. The molecule has 1 aromatic carbocycles. The first kappa shape index (κ1) is 13.5. The van der Waals surface area contributed by atoms with Crippen LogP contribution in [0.25, 0.3) is 0 Å². The van der Waals surface area contributed by atoms with Crippen LogP contribution in [-0.4, -0.2) is 31.7 Å². The van der Waals surface area contributed by atoms with Crippen molar-refractivity contribution < 1.29 is 9.53 Å². The number of ether oxygens (including phenoxy) is 1. The molecule has 1 amide bonds. The van der Waals surface area contributed by atoms with E-state index in [9.17, 15) is 4.79 Å². The van der Waals surface area contributed by atoms with E-state index >= 15 is 0 Å². The molecule has 4 nitrogen and oxygen atoms in total. The molecule has 0 saturated carbocycles. The van der Waals surface area contributed by atoms with E-state index in [1.807, 2.05) is 31.2 Å². The van der Waals surface area contributed by atoms with Crippen LogP contribution in [0, 0.1) is 0 Å². The molecule has 1 fully saturated rings. The standard InChI is InChI=1S/C13H17BrN2O2/c1-9(10-4-2-3-5-11(10)14)16-13(17)12-8-18-7-6-15-12/h2-5,9,12,15H,6-8H2,1H3,(H,16,17)/t9-,12?/m0/s1. The van der Waals surface area contributed by atoms with Gasteiger partial charge in [-0.3, -0.25) is 4.79 Å². The molecule has 0 radical (unpaired) electrons. The molecule has 2 N–H and O–H groups in total. The van der Waals surface area contributed by atoms with Gasteiger partial charge in [0.2, 0.25) is 5.91 Å². The summed E-state index contributed by atoms with van der Waals surface area (Å²) in [5.41, 5.74) is 1.07. The molecule has 0 aliphatic carbocycles. The molecule has 0 spiro atoms. The van der Waals surface area contributed by atoms with Gasteiger partial charge in [0, 0.05) is 11.0 Å². The van der Waals surface area contributed by atoms with E-state index in [0.717, 1.165) is 16.6 Å². The molecule has 2 rings (SSSR count). The third kappa shape index (κ3) is 3.31. The summed E-state index contributed by atoms with van der Waals surface area (Å²) >= 11 is 3.49. The molecule has 5 heteroatoms. The monoisotopic (exact) mass is 312 g/mol. The van der Waals surface area contributed by atoms with Gasteiger partial charge in [-0.15, -0.1) is 0 Å². The minimum absolute atomic E-state index is 0.0158. The van der Waals surface area contributed by atoms with E-state index in [1.165, 1.54) is 0 Å². The van der Waals surface area contributed by atoms with Crippen molar-refractivity contribution in [3.05, 3.63) is 34.3 Å². The van der Waals surface area contributed by atoms with E-state index in [1.54, 1.807) is 0 Å². The molecule has 1 saturated heterocycles. The number of hydrogen-bond acceptors (Lipinski definition) is 3. The zero-order chi connectivity index (χ0) is 13.0. The van der Waals surface area contributed by atoms with Crippen LogP contribution in [0.2, 0.25) is 0 Å². The van der Waals surface area contributed by atoms with Crippen LogP contribution < -0.4 is 10.6 Å². The van der Waals surface area contributed by atoms with Crippen molar-refractivity contribution in [2.45, 2.75) is 19.0 Å². The maximum atomic E-state index is 12.0. The van der Waals surface area contributed by atoms with Gasteiger partial charge in [-0.05, 0) is 18.6 Å². The Morgan fingerprint density at radius 3 is 3.00 bits per heavy atom. The van der Waals surface area contributed by atoms with Gasteiger partial charge in [-0.2, -0.15) is 0 Å². The van der Waals surface area contributed by atoms with Crippen LogP contribution in [0.5, 0.6) is 0 Å².